The molecule has 0 spiro atoms. The van der Waals surface area contributed by atoms with Crippen LogP contribution in [0.4, 0.5) is 0 Å². The SMILES string of the molecule is CC1(C)c2ccccc2-c2cc(-c3ccc(-c4cccc(-c5ccc(-c6cc(-c7ccc(-c8ccccc8)cc7)nc(-c7ccccc7)n6)c6ccccc56)c4)cc3)ccc21. The summed E-state index contributed by atoms with van der Waals surface area (Å²) in [6, 6.07) is 78.6. The normalized spacial score (nSPS) is 12.6. The highest BCUT2D eigenvalue weighted by molar-refractivity contribution is 6.05. The van der Waals surface area contributed by atoms with E-state index in [1.54, 1.807) is 0 Å². The molecule has 1 aromatic heterocycles. The van der Waals surface area contributed by atoms with Crippen LogP contribution in [0, 0.1) is 0 Å². The molecule has 0 atom stereocenters. The molecular weight excluding hydrogens is 737 g/mol. The predicted octanol–water partition coefficient (Wildman–Crippen LogP) is 15.6. The molecule has 0 bridgehead atoms. The zero-order chi connectivity index (χ0) is 40.9. The zero-order valence-corrected chi connectivity index (χ0v) is 34.2. The largest absolute Gasteiger partial charge is 0.228 e. The topological polar surface area (TPSA) is 25.8 Å². The third-order valence-electron chi connectivity index (χ3n) is 12.6. The molecule has 1 aliphatic rings. The third kappa shape index (κ3) is 6.54. The van der Waals surface area contributed by atoms with E-state index in [2.05, 4.69) is 208 Å². The van der Waals surface area contributed by atoms with E-state index in [1.807, 2.05) is 24.3 Å². The molecular formula is C59H42N2. The Morgan fingerprint density at radius 1 is 0.279 bits per heavy atom. The standard InChI is InChI=1S/C59H42N2/c1-59(2)54-23-12-11-22-51(54)53-37-46(32-35-55(53)59)42-26-24-41(25-27-42)45-18-13-19-47(36-45)48-33-34-52(50-21-10-9-20-49(48)50)57-38-56(60-58(61-57)44-16-7-4-8-17-44)43-30-28-40(29-31-43)39-14-5-3-6-15-39/h3-38H,1-2H3. The number of hydrogen-bond donors (Lipinski definition) is 0. The zero-order valence-electron chi connectivity index (χ0n) is 34.2. The lowest BCUT2D eigenvalue weighted by Crippen LogP contribution is -2.14. The highest BCUT2D eigenvalue weighted by Gasteiger charge is 2.35. The van der Waals surface area contributed by atoms with Gasteiger partial charge in [0.05, 0.1) is 11.4 Å². The fourth-order valence-corrected chi connectivity index (χ4v) is 9.31. The Labute approximate surface area is 357 Å². The van der Waals surface area contributed by atoms with E-state index in [-0.39, 0.29) is 5.41 Å². The van der Waals surface area contributed by atoms with Crippen LogP contribution in [0.3, 0.4) is 0 Å². The van der Waals surface area contributed by atoms with Crippen LogP contribution in [0.25, 0.3) is 100 Å². The summed E-state index contributed by atoms with van der Waals surface area (Å²) in [6.07, 6.45) is 0. The summed E-state index contributed by atoms with van der Waals surface area (Å²) in [4.78, 5) is 10.3. The highest BCUT2D eigenvalue weighted by atomic mass is 14.9. The van der Waals surface area contributed by atoms with Crippen molar-refractivity contribution >= 4 is 10.8 Å². The van der Waals surface area contributed by atoms with Crippen molar-refractivity contribution in [1.82, 2.24) is 9.97 Å². The molecule has 0 aliphatic heterocycles. The molecule has 288 valence electrons. The van der Waals surface area contributed by atoms with E-state index in [0.717, 1.165) is 33.5 Å². The van der Waals surface area contributed by atoms with E-state index in [1.165, 1.54) is 72.1 Å². The number of hydrogen-bond acceptors (Lipinski definition) is 2. The summed E-state index contributed by atoms with van der Waals surface area (Å²) in [5, 5.41) is 2.33. The average molecular weight is 779 g/mol. The first-order chi connectivity index (χ1) is 30.0. The molecule has 0 saturated carbocycles. The minimum absolute atomic E-state index is 0.00685. The second-order valence-corrected chi connectivity index (χ2v) is 16.6. The lowest BCUT2D eigenvalue weighted by Gasteiger charge is -2.21. The van der Waals surface area contributed by atoms with Gasteiger partial charge in [-0.1, -0.05) is 214 Å². The van der Waals surface area contributed by atoms with Crippen LogP contribution in [-0.2, 0) is 5.41 Å². The van der Waals surface area contributed by atoms with Gasteiger partial charge in [0.2, 0.25) is 0 Å². The maximum atomic E-state index is 5.22. The molecule has 0 radical (unpaired) electrons. The van der Waals surface area contributed by atoms with E-state index < -0.39 is 0 Å². The van der Waals surface area contributed by atoms with Crippen LogP contribution in [0.1, 0.15) is 25.0 Å². The molecule has 0 fully saturated rings. The smallest absolute Gasteiger partial charge is 0.160 e. The van der Waals surface area contributed by atoms with Crippen molar-refractivity contribution in [3.63, 3.8) is 0 Å². The number of nitrogens with zero attached hydrogens (tertiary/aromatic N) is 2. The number of aromatic nitrogens is 2. The van der Waals surface area contributed by atoms with Gasteiger partial charge in [0.15, 0.2) is 5.82 Å². The van der Waals surface area contributed by atoms with Crippen LogP contribution in [0.2, 0.25) is 0 Å². The molecule has 11 rings (SSSR count). The molecule has 9 aromatic carbocycles. The predicted molar refractivity (Wildman–Crippen MR) is 255 cm³/mol. The molecule has 61 heavy (non-hydrogen) atoms. The Balaban J connectivity index is 0.939. The maximum absolute atomic E-state index is 5.22. The summed E-state index contributed by atoms with van der Waals surface area (Å²) in [5.74, 6) is 0.706. The molecule has 2 nitrogen and oxygen atoms in total. The third-order valence-corrected chi connectivity index (χ3v) is 12.6. The monoisotopic (exact) mass is 778 g/mol. The van der Waals surface area contributed by atoms with Gasteiger partial charge >= 0.3 is 0 Å². The first kappa shape index (κ1) is 36.4. The molecule has 2 heteroatoms. The molecule has 0 unspecified atom stereocenters. The second kappa shape index (κ2) is 14.9. The summed E-state index contributed by atoms with van der Waals surface area (Å²) in [6.45, 7) is 4.67. The fraction of sp³-hybridized carbons (Fsp3) is 0.0508. The Morgan fingerprint density at radius 2 is 0.754 bits per heavy atom. The lowest BCUT2D eigenvalue weighted by atomic mass is 9.82. The summed E-state index contributed by atoms with van der Waals surface area (Å²) in [5.41, 5.74) is 20.0. The van der Waals surface area contributed by atoms with Gasteiger partial charge in [-0.3, -0.25) is 0 Å². The molecule has 1 heterocycles. The van der Waals surface area contributed by atoms with Crippen molar-refractivity contribution in [2.75, 3.05) is 0 Å². The van der Waals surface area contributed by atoms with Gasteiger partial charge in [-0.2, -0.15) is 0 Å². The first-order valence-corrected chi connectivity index (χ1v) is 21.1. The lowest BCUT2D eigenvalue weighted by molar-refractivity contribution is 0.660. The maximum Gasteiger partial charge on any atom is 0.160 e. The summed E-state index contributed by atoms with van der Waals surface area (Å²) < 4.78 is 0. The molecule has 0 amide bonds. The second-order valence-electron chi connectivity index (χ2n) is 16.6. The summed E-state index contributed by atoms with van der Waals surface area (Å²) in [7, 11) is 0. The minimum Gasteiger partial charge on any atom is -0.228 e. The van der Waals surface area contributed by atoms with Gasteiger partial charge in [-0.05, 0) is 95.7 Å². The van der Waals surface area contributed by atoms with Crippen molar-refractivity contribution in [1.29, 1.82) is 0 Å². The van der Waals surface area contributed by atoms with Gasteiger partial charge in [0, 0.05) is 22.1 Å². The fourth-order valence-electron chi connectivity index (χ4n) is 9.31. The van der Waals surface area contributed by atoms with Gasteiger partial charge in [-0.25, -0.2) is 9.97 Å². The van der Waals surface area contributed by atoms with E-state index in [9.17, 15) is 0 Å². The van der Waals surface area contributed by atoms with Crippen molar-refractivity contribution in [2.24, 2.45) is 0 Å². The highest BCUT2D eigenvalue weighted by Crippen LogP contribution is 2.49. The molecule has 0 saturated heterocycles. The molecule has 10 aromatic rings. The van der Waals surface area contributed by atoms with E-state index >= 15 is 0 Å². The van der Waals surface area contributed by atoms with Gasteiger partial charge < -0.3 is 0 Å². The Hall–Kier alpha value is -7.68. The average Bonchev–Trinajstić information content (AvgIpc) is 3.56. The van der Waals surface area contributed by atoms with E-state index in [4.69, 9.17) is 9.97 Å². The Morgan fingerprint density at radius 3 is 1.48 bits per heavy atom. The number of fused-ring (bicyclic) bond motifs is 4. The molecule has 1 aliphatic carbocycles. The minimum atomic E-state index is 0.00685. The van der Waals surface area contributed by atoms with Crippen molar-refractivity contribution < 1.29 is 0 Å². The van der Waals surface area contributed by atoms with Gasteiger partial charge in [0.25, 0.3) is 0 Å². The number of benzene rings is 9. The van der Waals surface area contributed by atoms with Crippen molar-refractivity contribution in [3.05, 3.63) is 230 Å². The molecule has 0 N–H and O–H groups in total. The Bertz CT molecular complexity index is 3240. The van der Waals surface area contributed by atoms with Gasteiger partial charge in [-0.15, -0.1) is 0 Å². The van der Waals surface area contributed by atoms with Crippen LogP contribution < -0.4 is 0 Å². The first-order valence-electron chi connectivity index (χ1n) is 21.1. The van der Waals surface area contributed by atoms with Crippen LogP contribution in [-0.4, -0.2) is 9.97 Å². The van der Waals surface area contributed by atoms with Crippen LogP contribution in [0.15, 0.2) is 218 Å². The quantitative estimate of drug-likeness (QED) is 0.161. The number of rotatable bonds is 7. The van der Waals surface area contributed by atoms with Crippen LogP contribution in [0.5, 0.6) is 0 Å². The van der Waals surface area contributed by atoms with Crippen LogP contribution >= 0.6 is 0 Å². The Kier molecular flexibility index (Phi) is 8.86. The van der Waals surface area contributed by atoms with Crippen molar-refractivity contribution in [3.8, 4) is 89.5 Å². The van der Waals surface area contributed by atoms with E-state index in [0.29, 0.717) is 5.82 Å². The summed E-state index contributed by atoms with van der Waals surface area (Å²) >= 11 is 0. The van der Waals surface area contributed by atoms with Crippen molar-refractivity contribution in [2.45, 2.75) is 19.3 Å². The van der Waals surface area contributed by atoms with Gasteiger partial charge in [0.1, 0.15) is 0 Å².